The molecule has 3 rings (SSSR count). The Balaban J connectivity index is 1.66. The number of hydrogen-bond acceptors (Lipinski definition) is 8. The zero-order valence-corrected chi connectivity index (χ0v) is 26.7. The topological polar surface area (TPSA) is 105 Å². The zero-order chi connectivity index (χ0) is 30.6. The molecule has 2 fully saturated rings. The molecule has 0 N–H and O–H groups in total. The molecule has 0 radical (unpaired) electrons. The molecule has 1 aliphatic heterocycles. The molecule has 0 aromatic heterocycles. The maximum Gasteiger partial charge on any atom is 0.306 e. The number of unbranched alkanes of at least 4 members (excludes halogenated alkanes) is 3. The van der Waals surface area contributed by atoms with Crippen molar-refractivity contribution in [3.63, 3.8) is 0 Å². The molecule has 42 heavy (non-hydrogen) atoms. The maximum atomic E-state index is 13.3. The lowest BCUT2D eigenvalue weighted by Gasteiger charge is -2.31. The lowest BCUT2D eigenvalue weighted by Crippen LogP contribution is -2.32. The molecule has 0 spiro atoms. The van der Waals surface area contributed by atoms with E-state index in [2.05, 4.69) is 6.92 Å². The Morgan fingerprint density at radius 3 is 2.45 bits per heavy atom. The number of Topliss-reactive ketones (excluding diaryl/α,β-unsaturated/α-hetero) is 1. The predicted octanol–water partition coefficient (Wildman–Crippen LogP) is 6.69. The fraction of sp³-hybridized carbons (Fsp3) is 0.697. The van der Waals surface area contributed by atoms with E-state index >= 15 is 0 Å². The molecular formula is C33H50O8S. The highest BCUT2D eigenvalue weighted by Crippen LogP contribution is 2.43. The fourth-order valence-electron chi connectivity index (χ4n) is 5.99. The van der Waals surface area contributed by atoms with Crippen LogP contribution in [0.3, 0.4) is 0 Å². The Morgan fingerprint density at radius 1 is 1.07 bits per heavy atom. The number of rotatable bonds is 18. The summed E-state index contributed by atoms with van der Waals surface area (Å²) in [6.07, 6.45) is 12.0. The molecule has 1 aliphatic carbocycles. The van der Waals surface area contributed by atoms with Crippen LogP contribution < -0.4 is 0 Å². The second-order valence-corrected chi connectivity index (χ2v) is 13.6. The van der Waals surface area contributed by atoms with Crippen LogP contribution in [0, 0.1) is 24.7 Å². The normalized spacial score (nSPS) is 22.4. The minimum absolute atomic E-state index is 0.0324. The van der Waals surface area contributed by atoms with E-state index in [0.717, 1.165) is 37.7 Å². The molecule has 3 atom stereocenters. The van der Waals surface area contributed by atoms with Gasteiger partial charge in [0.05, 0.1) is 30.8 Å². The zero-order valence-electron chi connectivity index (χ0n) is 25.8. The lowest BCUT2D eigenvalue weighted by molar-refractivity contribution is -0.171. The van der Waals surface area contributed by atoms with Crippen molar-refractivity contribution >= 4 is 21.9 Å². The van der Waals surface area contributed by atoms with E-state index in [1.807, 2.05) is 32.9 Å². The van der Waals surface area contributed by atoms with Gasteiger partial charge in [0.25, 0.3) is 10.1 Å². The number of hydrogen-bond donors (Lipinski definition) is 0. The van der Waals surface area contributed by atoms with Crippen molar-refractivity contribution in [2.75, 3.05) is 19.8 Å². The quantitative estimate of drug-likeness (QED) is 0.0787. The van der Waals surface area contributed by atoms with Crippen LogP contribution in [-0.4, -0.2) is 51.9 Å². The Morgan fingerprint density at radius 2 is 1.79 bits per heavy atom. The second kappa shape index (κ2) is 16.7. The third kappa shape index (κ3) is 10.6. The number of allylic oxidation sites excluding steroid dienone is 2. The summed E-state index contributed by atoms with van der Waals surface area (Å²) < 4.78 is 48.8. The molecule has 0 amide bonds. The van der Waals surface area contributed by atoms with Gasteiger partial charge in [-0.2, -0.15) is 8.42 Å². The predicted molar refractivity (Wildman–Crippen MR) is 161 cm³/mol. The molecule has 1 aromatic rings. The number of esters is 1. The van der Waals surface area contributed by atoms with E-state index in [1.165, 1.54) is 0 Å². The summed E-state index contributed by atoms with van der Waals surface area (Å²) in [4.78, 5) is 25.2. The van der Waals surface area contributed by atoms with E-state index in [0.29, 0.717) is 45.3 Å². The van der Waals surface area contributed by atoms with E-state index in [1.54, 1.807) is 24.3 Å². The SMILES string of the molecule is CCCCCC1(CC[C@H]2[C@H](COS(=O)(=O)c3ccc(C)cc3)CC(=O)[C@@H]2C/C=C\CCCC(=O)OC(C)C)OCCO1. The standard InChI is InChI=1S/C33H50O8S/c1-5-6-11-19-33(38-21-22-39-33)20-18-29-27(24-40-42(36,37)28-16-14-26(4)15-17-28)23-31(34)30(29)12-9-7-8-10-13-32(35)41-25(2)3/h7,9,14-17,25,27,29-30H,5-6,8,10-13,18-24H2,1-4H3/b9-7-/t27-,29-,30+/m0/s1. The van der Waals surface area contributed by atoms with Crippen molar-refractivity contribution in [1.29, 1.82) is 0 Å². The van der Waals surface area contributed by atoms with Gasteiger partial charge in [-0.15, -0.1) is 0 Å². The van der Waals surface area contributed by atoms with Crippen molar-refractivity contribution in [2.45, 2.75) is 115 Å². The lowest BCUT2D eigenvalue weighted by atomic mass is 9.82. The van der Waals surface area contributed by atoms with Crippen molar-refractivity contribution in [1.82, 2.24) is 0 Å². The first-order valence-corrected chi connectivity index (χ1v) is 17.1. The fourth-order valence-corrected chi connectivity index (χ4v) is 6.95. The average Bonchev–Trinajstić information content (AvgIpc) is 3.52. The van der Waals surface area contributed by atoms with Gasteiger partial charge < -0.3 is 14.2 Å². The molecule has 236 valence electrons. The Labute approximate surface area is 252 Å². The number of carbonyl (C=O) groups excluding carboxylic acids is 2. The first-order valence-electron chi connectivity index (χ1n) is 15.7. The molecule has 1 aromatic carbocycles. The maximum absolute atomic E-state index is 13.3. The largest absolute Gasteiger partial charge is 0.463 e. The van der Waals surface area contributed by atoms with Gasteiger partial charge >= 0.3 is 5.97 Å². The molecule has 0 unspecified atom stereocenters. The first kappa shape index (κ1) is 34.4. The molecule has 9 heteroatoms. The van der Waals surface area contributed by atoms with Crippen LogP contribution in [-0.2, 0) is 38.1 Å². The molecule has 1 saturated carbocycles. The van der Waals surface area contributed by atoms with E-state index in [9.17, 15) is 18.0 Å². The van der Waals surface area contributed by atoms with Gasteiger partial charge in [0.1, 0.15) is 5.78 Å². The summed E-state index contributed by atoms with van der Waals surface area (Å²) in [5.74, 6) is -1.18. The van der Waals surface area contributed by atoms with Crippen molar-refractivity contribution < 1.29 is 36.4 Å². The van der Waals surface area contributed by atoms with Crippen LogP contribution in [0.5, 0.6) is 0 Å². The average molecular weight is 607 g/mol. The van der Waals surface area contributed by atoms with Crippen LogP contribution in [0.2, 0.25) is 0 Å². The highest BCUT2D eigenvalue weighted by molar-refractivity contribution is 7.86. The monoisotopic (exact) mass is 606 g/mol. The summed E-state index contributed by atoms with van der Waals surface area (Å²) in [6, 6.07) is 6.58. The Bertz CT molecular complexity index is 1120. The van der Waals surface area contributed by atoms with Gasteiger partial charge in [0, 0.05) is 31.6 Å². The van der Waals surface area contributed by atoms with Crippen molar-refractivity contribution in [3.05, 3.63) is 42.0 Å². The second-order valence-electron chi connectivity index (χ2n) is 12.0. The van der Waals surface area contributed by atoms with Crippen LogP contribution in [0.15, 0.2) is 41.3 Å². The smallest absolute Gasteiger partial charge is 0.306 e. The van der Waals surface area contributed by atoms with Crippen LogP contribution in [0.1, 0.15) is 97.0 Å². The van der Waals surface area contributed by atoms with E-state index in [-0.39, 0.29) is 53.5 Å². The molecular weight excluding hydrogens is 556 g/mol. The molecule has 8 nitrogen and oxygen atoms in total. The van der Waals surface area contributed by atoms with Crippen molar-refractivity contribution in [2.24, 2.45) is 17.8 Å². The van der Waals surface area contributed by atoms with Crippen molar-refractivity contribution in [3.8, 4) is 0 Å². The van der Waals surface area contributed by atoms with E-state index < -0.39 is 15.9 Å². The van der Waals surface area contributed by atoms with Gasteiger partial charge in [-0.25, -0.2) is 0 Å². The van der Waals surface area contributed by atoms with Gasteiger partial charge in [0.2, 0.25) is 0 Å². The molecule has 2 aliphatic rings. The number of carbonyl (C=O) groups is 2. The van der Waals surface area contributed by atoms with Gasteiger partial charge in [-0.05, 0) is 76.8 Å². The van der Waals surface area contributed by atoms with Crippen LogP contribution in [0.4, 0.5) is 0 Å². The number of ketones is 1. The molecule has 1 saturated heterocycles. The molecule has 1 heterocycles. The third-order valence-corrected chi connectivity index (χ3v) is 9.55. The highest BCUT2D eigenvalue weighted by atomic mass is 32.2. The summed E-state index contributed by atoms with van der Waals surface area (Å²) in [6.45, 7) is 8.82. The van der Waals surface area contributed by atoms with Crippen LogP contribution in [0.25, 0.3) is 0 Å². The van der Waals surface area contributed by atoms with Gasteiger partial charge in [-0.3, -0.25) is 13.8 Å². The van der Waals surface area contributed by atoms with Crippen LogP contribution >= 0.6 is 0 Å². The first-order chi connectivity index (χ1) is 20.0. The summed E-state index contributed by atoms with van der Waals surface area (Å²) >= 11 is 0. The summed E-state index contributed by atoms with van der Waals surface area (Å²) in [7, 11) is -3.93. The highest BCUT2D eigenvalue weighted by Gasteiger charge is 2.44. The Kier molecular flexibility index (Phi) is 13.7. The van der Waals surface area contributed by atoms with E-state index in [4.69, 9.17) is 18.4 Å². The third-order valence-electron chi connectivity index (χ3n) is 8.26. The summed E-state index contributed by atoms with van der Waals surface area (Å²) in [5, 5.41) is 0. The number of aryl methyl sites for hydroxylation is 1. The Hall–Kier alpha value is -2.07. The number of benzene rings is 1. The minimum Gasteiger partial charge on any atom is -0.463 e. The minimum atomic E-state index is -3.93. The molecule has 0 bridgehead atoms. The number of ether oxygens (including phenoxy) is 3. The summed E-state index contributed by atoms with van der Waals surface area (Å²) in [5.41, 5.74) is 0.964. The van der Waals surface area contributed by atoms with Gasteiger partial charge in [-0.1, -0.05) is 49.6 Å². The van der Waals surface area contributed by atoms with Gasteiger partial charge in [0.15, 0.2) is 5.79 Å².